The number of hydrogen-bond donors (Lipinski definition) is 4. The van der Waals surface area contributed by atoms with Gasteiger partial charge < -0.3 is 31.3 Å². The average Bonchev–Trinajstić information content (AvgIpc) is 3.19. The minimum absolute atomic E-state index is 0.120. The number of hydrogen-bond acceptors (Lipinski definition) is 9. The molecule has 2 unspecified atom stereocenters. The molecule has 4 aromatic rings. The molecule has 9 rings (SSSR count). The lowest BCUT2D eigenvalue weighted by Crippen LogP contribution is -2.54. The van der Waals surface area contributed by atoms with Crippen molar-refractivity contribution >= 4 is 46.1 Å². The molecule has 3 heterocycles. The van der Waals surface area contributed by atoms with Crippen LogP contribution in [0.4, 0.5) is 17.2 Å². The molecule has 2 atom stereocenters. The summed E-state index contributed by atoms with van der Waals surface area (Å²) in [5.41, 5.74) is 9.46. The molecule has 1 aliphatic heterocycles. The third-order valence-corrected chi connectivity index (χ3v) is 13.2. The van der Waals surface area contributed by atoms with Crippen LogP contribution in [-0.4, -0.2) is 65.2 Å². The van der Waals surface area contributed by atoms with Gasteiger partial charge in [-0.2, -0.15) is 0 Å². The summed E-state index contributed by atoms with van der Waals surface area (Å²) in [4.78, 5) is 50.6. The van der Waals surface area contributed by atoms with E-state index in [-0.39, 0.29) is 29.0 Å². The van der Waals surface area contributed by atoms with Gasteiger partial charge in [-0.25, -0.2) is 9.97 Å². The number of ether oxygens (including phenoxy) is 1. The molecule has 2 aromatic carbocycles. The number of nitrogens with one attached hydrogen (secondary N) is 3. The van der Waals surface area contributed by atoms with Gasteiger partial charge in [-0.15, -0.1) is 0 Å². The Labute approximate surface area is 341 Å². The molecule has 5 aliphatic rings. The maximum atomic E-state index is 13.8. The predicted molar refractivity (Wildman–Crippen MR) is 230 cm³/mol. The summed E-state index contributed by atoms with van der Waals surface area (Å²) in [6, 6.07) is 15.4. The summed E-state index contributed by atoms with van der Waals surface area (Å²) in [5.74, 6) is 3.36. The number of anilines is 3. The van der Waals surface area contributed by atoms with E-state index in [9.17, 15) is 14.4 Å². The van der Waals surface area contributed by atoms with Gasteiger partial charge in [0, 0.05) is 62.0 Å². The number of carbonyl (C=O) groups excluding carboxylic acids is 2. The fraction of sp³-hybridized carbons (Fsp3) is 0.500. The second-order valence-corrected chi connectivity index (χ2v) is 17.5. The molecule has 12 heteroatoms. The summed E-state index contributed by atoms with van der Waals surface area (Å²) >= 11 is 0. The zero-order valence-corrected chi connectivity index (χ0v) is 34.1. The monoisotopic (exact) mass is 786 g/mol. The first kappa shape index (κ1) is 39.6. The molecule has 12 nitrogen and oxygen atoms in total. The Bertz CT molecular complexity index is 2220. The smallest absolute Gasteiger partial charge is 0.257 e. The van der Waals surface area contributed by atoms with E-state index in [2.05, 4.69) is 49.9 Å². The number of pyridine rings is 1. The number of rotatable bonds is 15. The molecule has 4 saturated carbocycles. The Balaban J connectivity index is 1.02. The number of primary amides is 1. The van der Waals surface area contributed by atoms with Crippen LogP contribution in [0.5, 0.6) is 5.75 Å². The third-order valence-electron chi connectivity index (χ3n) is 13.2. The van der Waals surface area contributed by atoms with Crippen LogP contribution >= 0.6 is 0 Å². The maximum absolute atomic E-state index is 13.8. The number of fused-ring (bicyclic) bond motifs is 1. The van der Waals surface area contributed by atoms with Gasteiger partial charge in [0.1, 0.15) is 17.9 Å². The minimum atomic E-state index is -0.584. The first-order valence-corrected chi connectivity index (χ1v) is 21.3. The molecule has 2 aromatic heterocycles. The van der Waals surface area contributed by atoms with Gasteiger partial charge in [0.15, 0.2) is 5.65 Å². The topological polar surface area (TPSA) is 156 Å². The number of para-hydroxylation sites is 1. The lowest BCUT2D eigenvalue weighted by Gasteiger charge is -2.56. The first-order chi connectivity index (χ1) is 28.1. The van der Waals surface area contributed by atoms with E-state index >= 15 is 0 Å². The maximum Gasteiger partial charge on any atom is 0.257 e. The van der Waals surface area contributed by atoms with Crippen molar-refractivity contribution in [3.8, 4) is 11.4 Å². The molecular weight excluding hydrogens is 729 g/mol. The zero-order chi connectivity index (χ0) is 40.4. The number of benzene rings is 2. The van der Waals surface area contributed by atoms with Gasteiger partial charge in [0.25, 0.3) is 5.56 Å². The van der Waals surface area contributed by atoms with Crippen LogP contribution in [-0.2, 0) is 9.59 Å². The third kappa shape index (κ3) is 8.34. The quantitative estimate of drug-likeness (QED) is 0.0954. The second-order valence-electron chi connectivity index (χ2n) is 17.5. The zero-order valence-electron chi connectivity index (χ0n) is 34.1. The second kappa shape index (κ2) is 16.9. The van der Waals surface area contributed by atoms with E-state index in [4.69, 9.17) is 10.5 Å². The summed E-state index contributed by atoms with van der Waals surface area (Å²) < 4.78 is 7.52. The van der Waals surface area contributed by atoms with Crippen LogP contribution in [0, 0.1) is 30.1 Å². The molecule has 5 N–H and O–H groups in total. The molecule has 2 amide bonds. The van der Waals surface area contributed by atoms with Crippen LogP contribution < -0.4 is 36.9 Å². The largest absolute Gasteiger partial charge is 0.494 e. The highest BCUT2D eigenvalue weighted by Gasteiger charge is 2.51. The molecule has 58 heavy (non-hydrogen) atoms. The molecule has 4 aliphatic carbocycles. The van der Waals surface area contributed by atoms with E-state index in [1.807, 2.05) is 31.2 Å². The number of aryl methyl sites for hydroxylation is 1. The number of methoxy groups -OCH3 is 1. The number of unbranched alkanes of at least 4 members (excludes halogenated alkanes) is 1. The number of aromatic nitrogens is 3. The van der Waals surface area contributed by atoms with Crippen LogP contribution in [0.2, 0.25) is 0 Å². The van der Waals surface area contributed by atoms with Crippen molar-refractivity contribution in [1.29, 1.82) is 0 Å². The summed E-state index contributed by atoms with van der Waals surface area (Å²) in [6.07, 6.45) is 17.0. The normalized spacial score (nSPS) is 24.3. The van der Waals surface area contributed by atoms with Gasteiger partial charge >= 0.3 is 0 Å². The van der Waals surface area contributed by atoms with E-state index in [1.165, 1.54) is 55.5 Å². The van der Waals surface area contributed by atoms with Gasteiger partial charge in [0.05, 0.1) is 23.9 Å². The standard InChI is InChI=1S/C46H58N8O4/c1-4-5-9-34(51-41(56)26-46-23-30-18-31(24-46)20-32(19-30)25-46)21-36-27-48-15-16-53(36)35-12-13-37(39(22-35)58-3)52-44-43-29(2)17-42(57)54(45(43)50-28-49-44)38-10-7-6-8-33(38)11-14-40(47)55/h6-8,10-14,17,22,28,30-32,34,36,48H,4-5,9,15-16,18-21,23-27H2,1-3H3,(H2,47,55)(H,51,56)(H,49,50,52)/b14-11+. The number of nitrogens with two attached hydrogens (primary N) is 1. The Morgan fingerprint density at radius 1 is 1.07 bits per heavy atom. The fourth-order valence-corrected chi connectivity index (χ4v) is 11.2. The van der Waals surface area contributed by atoms with E-state index < -0.39 is 5.91 Å². The number of amides is 2. The summed E-state index contributed by atoms with van der Waals surface area (Å²) in [7, 11) is 1.66. The molecule has 0 spiro atoms. The highest BCUT2D eigenvalue weighted by Crippen LogP contribution is 2.61. The van der Waals surface area contributed by atoms with Crippen LogP contribution in [0.3, 0.4) is 0 Å². The molecule has 0 radical (unpaired) electrons. The first-order valence-electron chi connectivity index (χ1n) is 21.3. The van der Waals surface area contributed by atoms with Crippen LogP contribution in [0.25, 0.3) is 22.8 Å². The van der Waals surface area contributed by atoms with Gasteiger partial charge in [-0.3, -0.25) is 19.0 Å². The van der Waals surface area contributed by atoms with E-state index in [0.717, 1.165) is 74.4 Å². The van der Waals surface area contributed by atoms with E-state index in [1.54, 1.807) is 25.3 Å². The minimum Gasteiger partial charge on any atom is -0.494 e. The highest BCUT2D eigenvalue weighted by atomic mass is 16.5. The van der Waals surface area contributed by atoms with Crippen molar-refractivity contribution in [2.75, 3.05) is 37.0 Å². The number of nitrogens with zero attached hydrogens (tertiary/aromatic N) is 4. The van der Waals surface area contributed by atoms with Crippen molar-refractivity contribution in [2.24, 2.45) is 28.9 Å². The van der Waals surface area contributed by atoms with Crippen molar-refractivity contribution in [3.63, 3.8) is 0 Å². The van der Waals surface area contributed by atoms with Crippen molar-refractivity contribution in [2.45, 2.75) is 96.6 Å². The molecule has 4 bridgehead atoms. The van der Waals surface area contributed by atoms with E-state index in [0.29, 0.717) is 45.8 Å². The molecule has 1 saturated heterocycles. The van der Waals surface area contributed by atoms with Gasteiger partial charge in [0.2, 0.25) is 11.8 Å². The van der Waals surface area contributed by atoms with Crippen molar-refractivity contribution in [1.82, 2.24) is 25.2 Å². The Hall–Kier alpha value is -5.23. The highest BCUT2D eigenvalue weighted by molar-refractivity contribution is 5.94. The molecule has 5 fully saturated rings. The average molecular weight is 787 g/mol. The molecule has 306 valence electrons. The lowest BCUT2D eigenvalue weighted by molar-refractivity contribution is -0.130. The van der Waals surface area contributed by atoms with Crippen molar-refractivity contribution in [3.05, 3.63) is 82.4 Å². The Morgan fingerprint density at radius 3 is 2.55 bits per heavy atom. The molecular formula is C46H58N8O4. The van der Waals surface area contributed by atoms with Crippen LogP contribution in [0.15, 0.2) is 65.7 Å². The predicted octanol–water partition coefficient (Wildman–Crippen LogP) is 6.79. The SMILES string of the molecule is CCCCC(CC1CNCCN1c1ccc(Nc2ncnc3c2c(C)cc(=O)n3-c2ccccc2/C=C/C(N)=O)c(OC)c1)NC(=O)CC12CC3CC(CC(C3)C1)C2. The number of piperazine rings is 1. The number of carbonyl (C=O) groups is 2. The summed E-state index contributed by atoms with van der Waals surface area (Å²) in [6.45, 7) is 6.63. The van der Waals surface area contributed by atoms with Crippen molar-refractivity contribution < 1.29 is 14.3 Å². The Kier molecular flexibility index (Phi) is 11.6. The fourth-order valence-electron chi connectivity index (χ4n) is 11.2. The van der Waals surface area contributed by atoms with Crippen LogP contribution in [0.1, 0.15) is 88.7 Å². The van der Waals surface area contributed by atoms with Gasteiger partial charge in [-0.1, -0.05) is 38.0 Å². The van der Waals surface area contributed by atoms with Gasteiger partial charge in [-0.05, 0) is 117 Å². The Morgan fingerprint density at radius 2 is 1.83 bits per heavy atom. The summed E-state index contributed by atoms with van der Waals surface area (Å²) in [5, 5.41) is 11.4. The lowest BCUT2D eigenvalue weighted by atomic mass is 9.49.